The van der Waals surface area contributed by atoms with Gasteiger partial charge < -0.3 is 10.4 Å². The molecular formula is C15H24N2O3S. The van der Waals surface area contributed by atoms with Crippen molar-refractivity contribution in [2.24, 2.45) is 5.92 Å². The van der Waals surface area contributed by atoms with Crippen LogP contribution >= 0.6 is 0 Å². The van der Waals surface area contributed by atoms with Crippen LogP contribution in [0.15, 0.2) is 29.2 Å². The molecule has 0 saturated carbocycles. The van der Waals surface area contributed by atoms with Crippen molar-refractivity contribution in [3.05, 3.63) is 24.3 Å². The van der Waals surface area contributed by atoms with E-state index in [1.807, 2.05) is 6.92 Å². The summed E-state index contributed by atoms with van der Waals surface area (Å²) in [5.41, 5.74) is 0.929. The molecule has 1 aromatic rings. The third-order valence-electron chi connectivity index (χ3n) is 3.89. The lowest BCUT2D eigenvalue weighted by atomic mass is 9.99. The number of aliphatic hydroxyl groups excluding tert-OH is 1. The van der Waals surface area contributed by atoms with Crippen molar-refractivity contribution in [3.8, 4) is 0 Å². The van der Waals surface area contributed by atoms with Crippen molar-refractivity contribution in [2.75, 3.05) is 25.0 Å². The van der Waals surface area contributed by atoms with E-state index >= 15 is 0 Å². The van der Waals surface area contributed by atoms with Gasteiger partial charge in [0.1, 0.15) is 0 Å². The monoisotopic (exact) mass is 312 g/mol. The molecule has 2 N–H and O–H groups in total. The summed E-state index contributed by atoms with van der Waals surface area (Å²) in [7, 11) is -3.46. The number of sulfonamides is 1. The van der Waals surface area contributed by atoms with E-state index in [1.165, 1.54) is 4.31 Å². The molecule has 1 aromatic carbocycles. The molecule has 0 amide bonds. The molecule has 2 rings (SSSR count). The Labute approximate surface area is 127 Å². The zero-order valence-electron chi connectivity index (χ0n) is 12.6. The van der Waals surface area contributed by atoms with Gasteiger partial charge in [0, 0.05) is 25.3 Å². The van der Waals surface area contributed by atoms with Gasteiger partial charge in [0.2, 0.25) is 10.0 Å². The molecule has 2 unspecified atom stereocenters. The zero-order valence-corrected chi connectivity index (χ0v) is 13.4. The molecule has 5 nitrogen and oxygen atoms in total. The highest BCUT2D eigenvalue weighted by atomic mass is 32.2. The third kappa shape index (κ3) is 3.75. The van der Waals surface area contributed by atoms with E-state index in [0.717, 1.165) is 18.7 Å². The first-order chi connectivity index (χ1) is 9.95. The molecule has 0 aromatic heterocycles. The Morgan fingerprint density at radius 3 is 2.57 bits per heavy atom. The third-order valence-corrected chi connectivity index (χ3v) is 5.77. The van der Waals surface area contributed by atoms with E-state index in [1.54, 1.807) is 24.3 Å². The molecule has 1 aliphatic rings. The maximum atomic E-state index is 12.6. The second-order valence-electron chi connectivity index (χ2n) is 5.65. The van der Waals surface area contributed by atoms with Crippen LogP contribution in [0, 0.1) is 5.92 Å². The minimum atomic E-state index is -3.46. The first-order valence-corrected chi connectivity index (χ1v) is 8.91. The number of hydrogen-bond donors (Lipinski definition) is 2. The Morgan fingerprint density at radius 1 is 1.33 bits per heavy atom. The van der Waals surface area contributed by atoms with Crippen LogP contribution in [0.3, 0.4) is 0 Å². The lowest BCUT2D eigenvalue weighted by Gasteiger charge is -2.33. The fourth-order valence-electron chi connectivity index (χ4n) is 2.48. The summed E-state index contributed by atoms with van der Waals surface area (Å²) in [5.74, 6) is -0.0287. The number of aliphatic hydroxyl groups is 1. The standard InChI is InChI=1S/C15H24N2O3S/c1-3-9-16-13-4-6-14(7-5-13)21(19,20)17-10-8-15(18)12(2)11-17/h4-7,12,15-16,18H,3,8-11H2,1-2H3. The molecule has 1 saturated heterocycles. The van der Waals surface area contributed by atoms with Gasteiger partial charge in [0.15, 0.2) is 0 Å². The van der Waals surface area contributed by atoms with Crippen molar-refractivity contribution in [3.63, 3.8) is 0 Å². The predicted molar refractivity (Wildman–Crippen MR) is 83.8 cm³/mol. The topological polar surface area (TPSA) is 69.6 Å². The molecule has 1 aliphatic heterocycles. The lowest BCUT2D eigenvalue weighted by molar-refractivity contribution is 0.0628. The smallest absolute Gasteiger partial charge is 0.243 e. The molecular weight excluding hydrogens is 288 g/mol. The molecule has 118 valence electrons. The number of nitrogens with one attached hydrogen (secondary N) is 1. The SMILES string of the molecule is CCCNc1ccc(S(=O)(=O)N2CCC(O)C(C)C2)cc1. The van der Waals surface area contributed by atoms with E-state index in [0.29, 0.717) is 24.4 Å². The first kappa shape index (κ1) is 16.3. The van der Waals surface area contributed by atoms with Crippen LogP contribution in [-0.4, -0.2) is 43.6 Å². The van der Waals surface area contributed by atoms with Crippen LogP contribution in [-0.2, 0) is 10.0 Å². The molecule has 21 heavy (non-hydrogen) atoms. The van der Waals surface area contributed by atoms with Gasteiger partial charge in [-0.05, 0) is 43.0 Å². The van der Waals surface area contributed by atoms with Gasteiger partial charge in [-0.15, -0.1) is 0 Å². The molecule has 6 heteroatoms. The Morgan fingerprint density at radius 2 is 2.00 bits per heavy atom. The molecule has 0 spiro atoms. The van der Waals surface area contributed by atoms with E-state index < -0.39 is 16.1 Å². The van der Waals surface area contributed by atoms with Crippen LogP contribution < -0.4 is 5.32 Å². The van der Waals surface area contributed by atoms with Crippen LogP contribution in [0.1, 0.15) is 26.7 Å². The largest absolute Gasteiger partial charge is 0.393 e. The minimum absolute atomic E-state index is 0.0287. The molecule has 1 fully saturated rings. The summed E-state index contributed by atoms with van der Waals surface area (Å²) in [4.78, 5) is 0.313. The second-order valence-corrected chi connectivity index (χ2v) is 7.59. The van der Waals surface area contributed by atoms with Crippen LogP contribution in [0.4, 0.5) is 5.69 Å². The fourth-order valence-corrected chi connectivity index (χ4v) is 4.03. The van der Waals surface area contributed by atoms with Gasteiger partial charge >= 0.3 is 0 Å². The molecule has 2 atom stereocenters. The van der Waals surface area contributed by atoms with Crippen molar-refractivity contribution in [2.45, 2.75) is 37.7 Å². The van der Waals surface area contributed by atoms with Gasteiger partial charge in [-0.3, -0.25) is 0 Å². The first-order valence-electron chi connectivity index (χ1n) is 7.47. The Balaban J connectivity index is 2.12. The number of benzene rings is 1. The van der Waals surface area contributed by atoms with Crippen LogP contribution in [0.5, 0.6) is 0 Å². The highest BCUT2D eigenvalue weighted by Crippen LogP contribution is 2.24. The maximum Gasteiger partial charge on any atom is 0.243 e. The summed E-state index contributed by atoms with van der Waals surface area (Å²) in [6.07, 6.45) is 1.11. The van der Waals surface area contributed by atoms with E-state index in [-0.39, 0.29) is 5.92 Å². The highest BCUT2D eigenvalue weighted by Gasteiger charge is 2.32. The summed E-state index contributed by atoms with van der Waals surface area (Å²) in [5, 5.41) is 12.9. The van der Waals surface area contributed by atoms with Gasteiger partial charge in [-0.2, -0.15) is 4.31 Å². The summed E-state index contributed by atoms with van der Waals surface area (Å²) < 4.78 is 26.6. The van der Waals surface area contributed by atoms with Gasteiger partial charge in [0.05, 0.1) is 11.0 Å². The normalized spacial score (nSPS) is 24.0. The second kappa shape index (κ2) is 6.77. The average Bonchev–Trinajstić information content (AvgIpc) is 2.48. The van der Waals surface area contributed by atoms with Crippen molar-refractivity contribution < 1.29 is 13.5 Å². The summed E-state index contributed by atoms with van der Waals surface area (Å²) in [6, 6.07) is 6.88. The van der Waals surface area contributed by atoms with Crippen molar-refractivity contribution in [1.82, 2.24) is 4.31 Å². The van der Waals surface area contributed by atoms with Gasteiger partial charge in [0.25, 0.3) is 0 Å². The highest BCUT2D eigenvalue weighted by molar-refractivity contribution is 7.89. The number of hydrogen-bond acceptors (Lipinski definition) is 4. The average molecular weight is 312 g/mol. The number of rotatable bonds is 5. The number of piperidine rings is 1. The summed E-state index contributed by atoms with van der Waals surface area (Å²) >= 11 is 0. The van der Waals surface area contributed by atoms with E-state index in [4.69, 9.17) is 0 Å². The van der Waals surface area contributed by atoms with E-state index in [9.17, 15) is 13.5 Å². The fraction of sp³-hybridized carbons (Fsp3) is 0.600. The lowest BCUT2D eigenvalue weighted by Crippen LogP contribution is -2.44. The Kier molecular flexibility index (Phi) is 5.24. The Bertz CT molecular complexity index is 557. The van der Waals surface area contributed by atoms with Crippen molar-refractivity contribution in [1.29, 1.82) is 0 Å². The maximum absolute atomic E-state index is 12.6. The quantitative estimate of drug-likeness (QED) is 0.871. The molecule has 0 radical (unpaired) electrons. The Hall–Kier alpha value is -1.11. The molecule has 0 aliphatic carbocycles. The van der Waals surface area contributed by atoms with Gasteiger partial charge in [-0.25, -0.2) is 8.42 Å². The van der Waals surface area contributed by atoms with Gasteiger partial charge in [-0.1, -0.05) is 13.8 Å². The van der Waals surface area contributed by atoms with Crippen molar-refractivity contribution >= 4 is 15.7 Å². The van der Waals surface area contributed by atoms with Crippen LogP contribution in [0.2, 0.25) is 0 Å². The van der Waals surface area contributed by atoms with E-state index in [2.05, 4.69) is 12.2 Å². The summed E-state index contributed by atoms with van der Waals surface area (Å²) in [6.45, 7) is 5.58. The molecule has 0 bridgehead atoms. The molecule has 1 heterocycles. The minimum Gasteiger partial charge on any atom is -0.393 e. The predicted octanol–water partition coefficient (Wildman–Crippen LogP) is 1.90. The number of nitrogens with zero attached hydrogens (tertiary/aromatic N) is 1. The zero-order chi connectivity index (χ0) is 15.5. The number of anilines is 1. The van der Waals surface area contributed by atoms with Crippen LogP contribution in [0.25, 0.3) is 0 Å².